The first-order valence-electron chi connectivity index (χ1n) is 7.66. The first-order valence-corrected chi connectivity index (χ1v) is 7.66. The third-order valence-electron chi connectivity index (χ3n) is 4.20. The number of amides is 1. The molecule has 1 aliphatic carbocycles. The lowest BCUT2D eigenvalue weighted by Crippen LogP contribution is -2.40. The number of rotatable bonds is 5. The third-order valence-corrected chi connectivity index (χ3v) is 4.20. The summed E-state index contributed by atoms with van der Waals surface area (Å²) in [7, 11) is 0. The maximum atomic E-state index is 12.0. The van der Waals surface area contributed by atoms with Crippen molar-refractivity contribution in [2.24, 2.45) is 0 Å². The molecule has 1 aromatic rings. The van der Waals surface area contributed by atoms with Gasteiger partial charge in [0.25, 0.3) is 0 Å². The number of β-amino-alcohol motifs (C(OH)–C–C–N with tert-alkyl or cyclic N) is 1. The van der Waals surface area contributed by atoms with Crippen LogP contribution in [0.5, 0.6) is 5.75 Å². The fourth-order valence-electron chi connectivity index (χ4n) is 2.66. The van der Waals surface area contributed by atoms with Crippen LogP contribution in [-0.4, -0.2) is 35.8 Å². The SMILES string of the molecule is Cl.O=C(NCc1ccccc1OC1CCC1)C1CC(O)CN1. The fourth-order valence-corrected chi connectivity index (χ4v) is 2.66. The number of carbonyl (C=O) groups is 1. The molecule has 0 bridgehead atoms. The molecule has 22 heavy (non-hydrogen) atoms. The Hall–Kier alpha value is -1.30. The molecule has 0 radical (unpaired) electrons. The van der Waals surface area contributed by atoms with Crippen LogP contribution in [0.25, 0.3) is 0 Å². The van der Waals surface area contributed by atoms with Gasteiger partial charge >= 0.3 is 0 Å². The van der Waals surface area contributed by atoms with Crippen LogP contribution < -0.4 is 15.4 Å². The average Bonchev–Trinajstić information content (AvgIpc) is 2.88. The number of aliphatic hydroxyl groups excluding tert-OH is 1. The van der Waals surface area contributed by atoms with Crippen molar-refractivity contribution in [2.75, 3.05) is 6.54 Å². The quantitative estimate of drug-likeness (QED) is 0.764. The Morgan fingerprint density at radius 3 is 2.77 bits per heavy atom. The minimum atomic E-state index is -0.421. The highest BCUT2D eigenvalue weighted by atomic mass is 35.5. The van der Waals surface area contributed by atoms with E-state index in [-0.39, 0.29) is 24.4 Å². The van der Waals surface area contributed by atoms with Gasteiger partial charge < -0.3 is 20.5 Å². The van der Waals surface area contributed by atoms with Crippen molar-refractivity contribution in [2.45, 2.75) is 50.5 Å². The molecule has 122 valence electrons. The number of hydrogen-bond donors (Lipinski definition) is 3. The zero-order chi connectivity index (χ0) is 14.7. The molecule has 2 atom stereocenters. The minimum Gasteiger partial charge on any atom is -0.490 e. The summed E-state index contributed by atoms with van der Waals surface area (Å²) in [6.45, 7) is 0.940. The van der Waals surface area contributed by atoms with Crippen LogP contribution in [0.2, 0.25) is 0 Å². The normalized spacial score (nSPS) is 24.2. The summed E-state index contributed by atoms with van der Waals surface area (Å²) < 4.78 is 5.95. The lowest BCUT2D eigenvalue weighted by Gasteiger charge is -2.27. The van der Waals surface area contributed by atoms with E-state index in [1.165, 1.54) is 6.42 Å². The summed E-state index contributed by atoms with van der Waals surface area (Å²) in [6, 6.07) is 7.54. The number of nitrogens with one attached hydrogen (secondary N) is 2. The Bertz CT molecular complexity index is 508. The molecule has 3 rings (SSSR count). The Morgan fingerprint density at radius 1 is 1.36 bits per heavy atom. The largest absolute Gasteiger partial charge is 0.490 e. The van der Waals surface area contributed by atoms with Crippen molar-refractivity contribution in [1.29, 1.82) is 0 Å². The fraction of sp³-hybridized carbons (Fsp3) is 0.562. The summed E-state index contributed by atoms with van der Waals surface area (Å²) in [5.74, 6) is 0.798. The molecule has 2 aliphatic rings. The minimum absolute atomic E-state index is 0. The number of carbonyl (C=O) groups excluding carboxylic acids is 1. The highest BCUT2D eigenvalue weighted by molar-refractivity contribution is 5.85. The lowest BCUT2D eigenvalue weighted by atomic mass is 9.96. The summed E-state index contributed by atoms with van der Waals surface area (Å²) >= 11 is 0. The van der Waals surface area contributed by atoms with Crippen LogP contribution in [0, 0.1) is 0 Å². The molecule has 1 aliphatic heterocycles. The van der Waals surface area contributed by atoms with Gasteiger partial charge in [0.1, 0.15) is 5.75 Å². The average molecular weight is 327 g/mol. The third kappa shape index (κ3) is 4.12. The molecule has 2 fully saturated rings. The number of para-hydroxylation sites is 1. The van der Waals surface area contributed by atoms with Crippen molar-refractivity contribution in [3.63, 3.8) is 0 Å². The second-order valence-electron chi connectivity index (χ2n) is 5.85. The van der Waals surface area contributed by atoms with E-state index in [2.05, 4.69) is 10.6 Å². The second-order valence-corrected chi connectivity index (χ2v) is 5.85. The number of aliphatic hydroxyl groups is 1. The highest BCUT2D eigenvalue weighted by Gasteiger charge is 2.28. The molecule has 1 saturated heterocycles. The zero-order valence-corrected chi connectivity index (χ0v) is 13.3. The van der Waals surface area contributed by atoms with Crippen LogP contribution >= 0.6 is 12.4 Å². The Morgan fingerprint density at radius 2 is 2.14 bits per heavy atom. The van der Waals surface area contributed by atoms with E-state index in [9.17, 15) is 9.90 Å². The number of halogens is 1. The van der Waals surface area contributed by atoms with Gasteiger partial charge in [-0.1, -0.05) is 18.2 Å². The van der Waals surface area contributed by atoms with Gasteiger partial charge in [0.2, 0.25) is 5.91 Å². The molecule has 3 N–H and O–H groups in total. The van der Waals surface area contributed by atoms with Gasteiger partial charge in [-0.2, -0.15) is 0 Å². The van der Waals surface area contributed by atoms with Gasteiger partial charge in [-0.15, -0.1) is 12.4 Å². The molecule has 5 nitrogen and oxygen atoms in total. The predicted molar refractivity (Wildman–Crippen MR) is 86.2 cm³/mol. The highest BCUT2D eigenvalue weighted by Crippen LogP contribution is 2.27. The number of benzene rings is 1. The van der Waals surface area contributed by atoms with Crippen molar-refractivity contribution in [1.82, 2.24) is 10.6 Å². The van der Waals surface area contributed by atoms with Gasteiger partial charge in [-0.3, -0.25) is 4.79 Å². The summed E-state index contributed by atoms with van der Waals surface area (Å²) in [5.41, 5.74) is 0.997. The molecule has 0 spiro atoms. The van der Waals surface area contributed by atoms with Crippen molar-refractivity contribution < 1.29 is 14.6 Å². The van der Waals surface area contributed by atoms with E-state index >= 15 is 0 Å². The first kappa shape index (κ1) is 17.1. The first-order chi connectivity index (χ1) is 10.2. The molecule has 6 heteroatoms. The van der Waals surface area contributed by atoms with Crippen LogP contribution in [-0.2, 0) is 11.3 Å². The predicted octanol–water partition coefficient (Wildman–Crippen LogP) is 1.38. The molecule has 0 aromatic heterocycles. The maximum Gasteiger partial charge on any atom is 0.237 e. The molecular weight excluding hydrogens is 304 g/mol. The topological polar surface area (TPSA) is 70.6 Å². The lowest BCUT2D eigenvalue weighted by molar-refractivity contribution is -0.123. The van der Waals surface area contributed by atoms with Crippen LogP contribution in [0.3, 0.4) is 0 Å². The molecule has 2 unspecified atom stereocenters. The maximum absolute atomic E-state index is 12.0. The zero-order valence-electron chi connectivity index (χ0n) is 12.5. The second kappa shape index (κ2) is 7.81. The molecule has 1 amide bonds. The Kier molecular flexibility index (Phi) is 6.06. The van der Waals surface area contributed by atoms with Crippen molar-refractivity contribution >= 4 is 18.3 Å². The summed E-state index contributed by atoms with van der Waals surface area (Å²) in [6.07, 6.45) is 3.85. The number of ether oxygens (including phenoxy) is 1. The Balaban J connectivity index is 0.00000176. The van der Waals surface area contributed by atoms with Gasteiger partial charge in [0.15, 0.2) is 0 Å². The standard InChI is InChI=1S/C16H22N2O3.ClH/c19-12-8-14(17-10-12)16(20)18-9-11-4-1-2-7-15(11)21-13-5-3-6-13;/h1-2,4,7,12-14,17,19H,3,5-6,8-10H2,(H,18,20);1H. The van der Waals surface area contributed by atoms with E-state index in [1.807, 2.05) is 24.3 Å². The molecule has 1 heterocycles. The van der Waals surface area contributed by atoms with E-state index in [0.717, 1.165) is 24.2 Å². The molecule has 1 aromatic carbocycles. The monoisotopic (exact) mass is 326 g/mol. The van der Waals surface area contributed by atoms with E-state index in [1.54, 1.807) is 0 Å². The molecular formula is C16H23ClN2O3. The van der Waals surface area contributed by atoms with Crippen LogP contribution in [0.1, 0.15) is 31.2 Å². The van der Waals surface area contributed by atoms with Crippen molar-refractivity contribution in [3.05, 3.63) is 29.8 Å². The van der Waals surface area contributed by atoms with Crippen LogP contribution in [0.4, 0.5) is 0 Å². The van der Waals surface area contributed by atoms with E-state index in [4.69, 9.17) is 4.74 Å². The van der Waals surface area contributed by atoms with Crippen LogP contribution in [0.15, 0.2) is 24.3 Å². The van der Waals surface area contributed by atoms with Crippen molar-refractivity contribution in [3.8, 4) is 5.75 Å². The Labute approximate surface area is 136 Å². The van der Waals surface area contributed by atoms with Gasteiger partial charge in [0, 0.05) is 18.7 Å². The smallest absolute Gasteiger partial charge is 0.237 e. The summed E-state index contributed by atoms with van der Waals surface area (Å²) in [4.78, 5) is 12.0. The van der Waals surface area contributed by atoms with Gasteiger partial charge in [-0.25, -0.2) is 0 Å². The van der Waals surface area contributed by atoms with E-state index in [0.29, 0.717) is 25.6 Å². The van der Waals surface area contributed by atoms with Gasteiger partial charge in [0.05, 0.1) is 18.2 Å². The molecule has 1 saturated carbocycles. The van der Waals surface area contributed by atoms with Gasteiger partial charge in [-0.05, 0) is 31.7 Å². The number of hydrogen-bond acceptors (Lipinski definition) is 4. The van der Waals surface area contributed by atoms with E-state index < -0.39 is 6.10 Å². The summed E-state index contributed by atoms with van der Waals surface area (Å²) in [5, 5.41) is 15.4.